The Labute approximate surface area is 75.0 Å². The predicted molar refractivity (Wildman–Crippen MR) is 48.4 cm³/mol. The first-order valence-electron chi connectivity index (χ1n) is 3.92. The van der Waals surface area contributed by atoms with Crippen molar-refractivity contribution < 1.29 is 4.79 Å². The molecule has 13 heavy (non-hydrogen) atoms. The quantitative estimate of drug-likeness (QED) is 0.694. The first kappa shape index (κ1) is 7.79. The Kier molecular flexibility index (Phi) is 1.55. The van der Waals surface area contributed by atoms with Crippen molar-refractivity contribution >= 4 is 11.6 Å². The number of pyridine rings is 1. The van der Waals surface area contributed by atoms with Gasteiger partial charge >= 0.3 is 0 Å². The van der Waals surface area contributed by atoms with Gasteiger partial charge in [0.15, 0.2) is 0 Å². The number of carbonyl (C=O) groups excluding carboxylic acids is 1. The molecule has 1 amide bonds. The lowest BCUT2D eigenvalue weighted by Crippen LogP contribution is -2.13. The molecule has 2 heterocycles. The van der Waals surface area contributed by atoms with Gasteiger partial charge in [0.1, 0.15) is 5.65 Å². The zero-order chi connectivity index (χ0) is 9.42. The van der Waals surface area contributed by atoms with E-state index in [2.05, 4.69) is 4.98 Å². The van der Waals surface area contributed by atoms with Crippen molar-refractivity contribution in [2.24, 2.45) is 5.73 Å². The Hall–Kier alpha value is -1.84. The van der Waals surface area contributed by atoms with E-state index in [0.29, 0.717) is 11.2 Å². The van der Waals surface area contributed by atoms with Crippen molar-refractivity contribution in [1.29, 1.82) is 0 Å². The molecule has 4 nitrogen and oxygen atoms in total. The summed E-state index contributed by atoms with van der Waals surface area (Å²) in [7, 11) is 0. The average molecular weight is 175 g/mol. The van der Waals surface area contributed by atoms with Gasteiger partial charge in [-0.1, -0.05) is 0 Å². The van der Waals surface area contributed by atoms with Crippen LogP contribution in [0.25, 0.3) is 5.65 Å². The topological polar surface area (TPSA) is 60.4 Å². The molecule has 0 unspecified atom stereocenters. The molecule has 0 aromatic carbocycles. The summed E-state index contributed by atoms with van der Waals surface area (Å²) in [5.41, 5.74) is 7.29. The van der Waals surface area contributed by atoms with Gasteiger partial charge in [-0.15, -0.1) is 0 Å². The van der Waals surface area contributed by atoms with Gasteiger partial charge in [0.2, 0.25) is 0 Å². The third-order valence-corrected chi connectivity index (χ3v) is 2.02. The zero-order valence-corrected chi connectivity index (χ0v) is 7.19. The minimum Gasteiger partial charge on any atom is -0.365 e. The van der Waals surface area contributed by atoms with Crippen molar-refractivity contribution in [1.82, 2.24) is 9.38 Å². The summed E-state index contributed by atoms with van der Waals surface area (Å²) in [6.45, 7) is 1.94. The van der Waals surface area contributed by atoms with Gasteiger partial charge in [0.05, 0.1) is 5.56 Å². The van der Waals surface area contributed by atoms with E-state index in [4.69, 9.17) is 5.73 Å². The fourth-order valence-corrected chi connectivity index (χ4v) is 1.34. The van der Waals surface area contributed by atoms with Gasteiger partial charge in [-0.25, -0.2) is 4.98 Å². The second kappa shape index (κ2) is 2.58. The standard InChI is InChI=1S/C9H9N3O/c1-6-2-3-7(8(10)13)9-11-4-5-12(6)9/h2-5H,1H3,(H2,10,13). The van der Waals surface area contributed by atoms with Crippen LogP contribution >= 0.6 is 0 Å². The fraction of sp³-hybridized carbons (Fsp3) is 0.111. The van der Waals surface area contributed by atoms with Crippen LogP contribution in [0.5, 0.6) is 0 Å². The second-order valence-electron chi connectivity index (χ2n) is 2.87. The maximum absolute atomic E-state index is 11.0. The molecular formula is C9H9N3O. The molecule has 0 fully saturated rings. The van der Waals surface area contributed by atoms with Crippen molar-refractivity contribution in [3.8, 4) is 0 Å². The number of hydrogen-bond donors (Lipinski definition) is 1. The first-order valence-corrected chi connectivity index (χ1v) is 3.92. The average Bonchev–Trinajstić information content (AvgIpc) is 2.53. The monoisotopic (exact) mass is 175 g/mol. The molecule has 0 radical (unpaired) electrons. The smallest absolute Gasteiger partial charge is 0.252 e. The molecule has 0 aliphatic rings. The number of imidazole rings is 1. The Morgan fingerprint density at radius 2 is 2.31 bits per heavy atom. The van der Waals surface area contributed by atoms with Crippen LogP contribution in [0, 0.1) is 6.92 Å². The highest BCUT2D eigenvalue weighted by Gasteiger charge is 2.08. The molecule has 0 aliphatic heterocycles. The van der Waals surface area contributed by atoms with Crippen molar-refractivity contribution in [3.05, 3.63) is 35.8 Å². The number of rotatable bonds is 1. The van der Waals surface area contributed by atoms with E-state index < -0.39 is 5.91 Å². The number of aryl methyl sites for hydroxylation is 1. The number of nitrogens with zero attached hydrogens (tertiary/aromatic N) is 2. The van der Waals surface area contributed by atoms with Crippen LogP contribution < -0.4 is 5.73 Å². The van der Waals surface area contributed by atoms with E-state index in [1.54, 1.807) is 18.5 Å². The Morgan fingerprint density at radius 1 is 1.54 bits per heavy atom. The molecule has 66 valence electrons. The summed E-state index contributed by atoms with van der Waals surface area (Å²) in [4.78, 5) is 15.1. The van der Waals surface area contributed by atoms with Gasteiger partial charge in [-0.3, -0.25) is 4.79 Å². The summed E-state index contributed by atoms with van der Waals surface area (Å²) in [5, 5.41) is 0. The lowest BCUT2D eigenvalue weighted by atomic mass is 10.2. The lowest BCUT2D eigenvalue weighted by Gasteiger charge is -2.02. The summed E-state index contributed by atoms with van der Waals surface area (Å²) >= 11 is 0. The van der Waals surface area contributed by atoms with Gasteiger partial charge in [0, 0.05) is 18.1 Å². The Morgan fingerprint density at radius 3 is 3.00 bits per heavy atom. The first-order chi connectivity index (χ1) is 6.20. The van der Waals surface area contributed by atoms with Crippen LogP contribution in [0.3, 0.4) is 0 Å². The number of hydrogen-bond acceptors (Lipinski definition) is 2. The van der Waals surface area contributed by atoms with E-state index in [-0.39, 0.29) is 0 Å². The number of fused-ring (bicyclic) bond motifs is 1. The molecule has 0 atom stereocenters. The van der Waals surface area contributed by atoms with Gasteiger partial charge < -0.3 is 10.1 Å². The van der Waals surface area contributed by atoms with E-state index >= 15 is 0 Å². The molecule has 0 spiro atoms. The van der Waals surface area contributed by atoms with Crippen LogP contribution in [0.2, 0.25) is 0 Å². The predicted octanol–water partition coefficient (Wildman–Crippen LogP) is 0.742. The van der Waals surface area contributed by atoms with E-state index in [1.807, 2.05) is 17.4 Å². The third-order valence-electron chi connectivity index (χ3n) is 2.02. The van der Waals surface area contributed by atoms with E-state index in [1.165, 1.54) is 0 Å². The number of nitrogens with two attached hydrogens (primary N) is 1. The number of carbonyl (C=O) groups is 1. The molecule has 0 saturated carbocycles. The Balaban J connectivity index is 2.86. The van der Waals surface area contributed by atoms with E-state index in [0.717, 1.165) is 5.69 Å². The minimum atomic E-state index is -0.448. The van der Waals surface area contributed by atoms with Gasteiger partial charge in [-0.05, 0) is 19.1 Å². The fourth-order valence-electron chi connectivity index (χ4n) is 1.34. The van der Waals surface area contributed by atoms with Crippen molar-refractivity contribution in [2.75, 3.05) is 0 Å². The van der Waals surface area contributed by atoms with Crippen molar-refractivity contribution in [2.45, 2.75) is 6.92 Å². The highest BCUT2D eigenvalue weighted by molar-refractivity contribution is 5.98. The van der Waals surface area contributed by atoms with Crippen LogP contribution in [0.1, 0.15) is 16.1 Å². The minimum absolute atomic E-state index is 0.448. The summed E-state index contributed by atoms with van der Waals surface area (Å²) in [6.07, 6.45) is 3.45. The molecule has 2 rings (SSSR count). The zero-order valence-electron chi connectivity index (χ0n) is 7.19. The molecule has 2 aromatic rings. The molecule has 0 aliphatic carbocycles. The Bertz CT molecular complexity index is 473. The van der Waals surface area contributed by atoms with Gasteiger partial charge in [-0.2, -0.15) is 0 Å². The second-order valence-corrected chi connectivity index (χ2v) is 2.87. The summed E-state index contributed by atoms with van der Waals surface area (Å²) in [6, 6.07) is 3.54. The van der Waals surface area contributed by atoms with Crippen LogP contribution in [0.4, 0.5) is 0 Å². The molecular weight excluding hydrogens is 166 g/mol. The number of primary amides is 1. The molecule has 2 aromatic heterocycles. The maximum Gasteiger partial charge on any atom is 0.252 e. The summed E-state index contributed by atoms with van der Waals surface area (Å²) < 4.78 is 1.83. The highest BCUT2D eigenvalue weighted by Crippen LogP contribution is 2.10. The SMILES string of the molecule is Cc1ccc(C(N)=O)c2nccn12. The van der Waals surface area contributed by atoms with E-state index in [9.17, 15) is 4.79 Å². The lowest BCUT2D eigenvalue weighted by molar-refractivity contribution is 0.100. The molecule has 0 saturated heterocycles. The van der Waals surface area contributed by atoms with Crippen molar-refractivity contribution in [3.63, 3.8) is 0 Å². The number of aromatic nitrogens is 2. The molecule has 2 N–H and O–H groups in total. The van der Waals surface area contributed by atoms with Crippen LogP contribution in [-0.2, 0) is 0 Å². The number of amides is 1. The highest BCUT2D eigenvalue weighted by atomic mass is 16.1. The largest absolute Gasteiger partial charge is 0.365 e. The summed E-state index contributed by atoms with van der Waals surface area (Å²) in [5.74, 6) is -0.448. The molecule has 4 heteroatoms. The maximum atomic E-state index is 11.0. The molecule has 0 bridgehead atoms. The van der Waals surface area contributed by atoms with Gasteiger partial charge in [0.25, 0.3) is 5.91 Å². The third kappa shape index (κ3) is 1.07. The van der Waals surface area contributed by atoms with Crippen LogP contribution in [0.15, 0.2) is 24.5 Å². The normalized spacial score (nSPS) is 10.5. The van der Waals surface area contributed by atoms with Crippen LogP contribution in [-0.4, -0.2) is 15.3 Å².